The van der Waals surface area contributed by atoms with Crippen molar-refractivity contribution < 1.29 is 0 Å². The molecule has 1 aromatic rings. The van der Waals surface area contributed by atoms with Crippen LogP contribution in [0.2, 0.25) is 0 Å². The van der Waals surface area contributed by atoms with Gasteiger partial charge in [-0.15, -0.1) is 0 Å². The van der Waals surface area contributed by atoms with E-state index in [0.29, 0.717) is 6.04 Å². The molecule has 0 bridgehead atoms. The summed E-state index contributed by atoms with van der Waals surface area (Å²) in [7, 11) is 0. The second-order valence-corrected chi connectivity index (χ2v) is 6.02. The van der Waals surface area contributed by atoms with Crippen LogP contribution >= 0.6 is 0 Å². The summed E-state index contributed by atoms with van der Waals surface area (Å²) < 4.78 is 0. The van der Waals surface area contributed by atoms with Crippen molar-refractivity contribution in [1.29, 1.82) is 0 Å². The van der Waals surface area contributed by atoms with Crippen LogP contribution in [0.4, 0.5) is 0 Å². The maximum atomic E-state index is 3.73. The Morgan fingerprint density at radius 2 is 2.00 bits per heavy atom. The van der Waals surface area contributed by atoms with Gasteiger partial charge in [0, 0.05) is 25.7 Å². The van der Waals surface area contributed by atoms with Crippen LogP contribution in [0.25, 0.3) is 0 Å². The van der Waals surface area contributed by atoms with E-state index in [-0.39, 0.29) is 0 Å². The first-order valence-electron chi connectivity index (χ1n) is 7.77. The highest BCUT2D eigenvalue weighted by Crippen LogP contribution is 2.17. The average molecular weight is 260 g/mol. The minimum absolute atomic E-state index is 0.654. The van der Waals surface area contributed by atoms with E-state index in [4.69, 9.17) is 0 Å². The maximum Gasteiger partial charge on any atom is 0.0208 e. The second kappa shape index (κ2) is 7.66. The van der Waals surface area contributed by atoms with Gasteiger partial charge in [-0.2, -0.15) is 0 Å². The molecule has 2 atom stereocenters. The Balaban J connectivity index is 1.79. The molecule has 0 aliphatic carbocycles. The van der Waals surface area contributed by atoms with E-state index in [0.717, 1.165) is 12.5 Å². The highest BCUT2D eigenvalue weighted by atomic mass is 15.2. The molecule has 1 saturated heterocycles. The lowest BCUT2D eigenvalue weighted by Gasteiger charge is -2.37. The lowest BCUT2D eigenvalue weighted by Crippen LogP contribution is -2.48. The molecule has 2 nitrogen and oxygen atoms in total. The molecule has 2 rings (SSSR count). The zero-order chi connectivity index (χ0) is 13.5. The third kappa shape index (κ3) is 4.96. The molecule has 2 unspecified atom stereocenters. The fourth-order valence-electron chi connectivity index (χ4n) is 3.03. The van der Waals surface area contributed by atoms with Crippen molar-refractivity contribution in [2.75, 3.05) is 19.6 Å². The molecule has 1 aliphatic heterocycles. The first-order chi connectivity index (χ1) is 9.28. The Kier molecular flexibility index (Phi) is 5.87. The molecule has 2 heteroatoms. The first kappa shape index (κ1) is 14.5. The molecule has 1 heterocycles. The fraction of sp³-hybridized carbons (Fsp3) is 0.647. The number of likely N-dealkylation sites (tertiary alicyclic amines) is 1. The smallest absolute Gasteiger partial charge is 0.0208 e. The summed E-state index contributed by atoms with van der Waals surface area (Å²) in [4.78, 5) is 2.64. The van der Waals surface area contributed by atoms with Gasteiger partial charge in [-0.3, -0.25) is 0 Å². The van der Waals surface area contributed by atoms with Crippen molar-refractivity contribution in [2.45, 2.75) is 45.7 Å². The Morgan fingerprint density at radius 1 is 1.21 bits per heavy atom. The van der Waals surface area contributed by atoms with Gasteiger partial charge in [0.1, 0.15) is 0 Å². The molecule has 1 aliphatic rings. The monoisotopic (exact) mass is 260 g/mol. The molecule has 1 fully saturated rings. The van der Waals surface area contributed by atoms with Gasteiger partial charge in [-0.1, -0.05) is 50.6 Å². The molecule has 0 spiro atoms. The van der Waals surface area contributed by atoms with Gasteiger partial charge in [0.15, 0.2) is 0 Å². The van der Waals surface area contributed by atoms with Crippen LogP contribution in [0.3, 0.4) is 0 Å². The number of hydrogen-bond donors (Lipinski definition) is 1. The summed E-state index contributed by atoms with van der Waals surface area (Å²) in [6.45, 7) is 9.43. The van der Waals surface area contributed by atoms with E-state index >= 15 is 0 Å². The van der Waals surface area contributed by atoms with Crippen molar-refractivity contribution in [1.82, 2.24) is 10.2 Å². The van der Waals surface area contributed by atoms with Gasteiger partial charge in [0.05, 0.1) is 0 Å². The predicted octanol–water partition coefficient (Wildman–Crippen LogP) is 3.29. The molecule has 106 valence electrons. The third-order valence-corrected chi connectivity index (χ3v) is 4.00. The van der Waals surface area contributed by atoms with E-state index in [1.165, 1.54) is 44.5 Å². The zero-order valence-electron chi connectivity index (χ0n) is 12.4. The Hall–Kier alpha value is -0.860. The topological polar surface area (TPSA) is 15.3 Å². The number of rotatable bonds is 6. The van der Waals surface area contributed by atoms with E-state index in [2.05, 4.69) is 54.4 Å². The number of benzene rings is 1. The SMILES string of the molecule is CCCCN1CC(C)CC(NCc2ccccc2)C1. The van der Waals surface area contributed by atoms with Crippen molar-refractivity contribution in [2.24, 2.45) is 5.92 Å². The molecule has 1 N–H and O–H groups in total. The number of unbranched alkanes of at least 4 members (excludes halogenated alkanes) is 1. The lowest BCUT2D eigenvalue weighted by molar-refractivity contribution is 0.147. The second-order valence-electron chi connectivity index (χ2n) is 6.02. The Labute approximate surface area is 118 Å². The zero-order valence-corrected chi connectivity index (χ0v) is 12.4. The summed E-state index contributed by atoms with van der Waals surface area (Å²) >= 11 is 0. The molecular formula is C17H28N2. The summed E-state index contributed by atoms with van der Waals surface area (Å²) in [6.07, 6.45) is 3.95. The van der Waals surface area contributed by atoms with E-state index in [9.17, 15) is 0 Å². The van der Waals surface area contributed by atoms with E-state index in [1.807, 2.05) is 0 Å². The lowest BCUT2D eigenvalue weighted by atomic mass is 9.95. The fourth-order valence-corrected chi connectivity index (χ4v) is 3.03. The van der Waals surface area contributed by atoms with Crippen molar-refractivity contribution in [3.63, 3.8) is 0 Å². The maximum absolute atomic E-state index is 3.73. The van der Waals surface area contributed by atoms with Gasteiger partial charge >= 0.3 is 0 Å². The largest absolute Gasteiger partial charge is 0.309 e. The molecular weight excluding hydrogens is 232 g/mol. The molecule has 0 amide bonds. The normalized spacial score (nSPS) is 24.5. The minimum Gasteiger partial charge on any atom is -0.309 e. The number of hydrogen-bond acceptors (Lipinski definition) is 2. The number of nitrogens with one attached hydrogen (secondary N) is 1. The summed E-state index contributed by atoms with van der Waals surface area (Å²) in [5, 5.41) is 3.73. The summed E-state index contributed by atoms with van der Waals surface area (Å²) in [5.41, 5.74) is 1.39. The Bertz CT molecular complexity index is 350. The van der Waals surface area contributed by atoms with Crippen LogP contribution < -0.4 is 5.32 Å². The van der Waals surface area contributed by atoms with Gasteiger partial charge in [0.25, 0.3) is 0 Å². The molecule has 1 aromatic carbocycles. The van der Waals surface area contributed by atoms with Gasteiger partial charge in [-0.05, 0) is 30.9 Å². The predicted molar refractivity (Wildman–Crippen MR) is 82.2 cm³/mol. The number of piperidine rings is 1. The van der Waals surface area contributed by atoms with Crippen LogP contribution in [-0.2, 0) is 6.54 Å². The summed E-state index contributed by atoms with van der Waals surface area (Å²) in [6, 6.07) is 11.4. The number of nitrogens with zero attached hydrogens (tertiary/aromatic N) is 1. The minimum atomic E-state index is 0.654. The highest BCUT2D eigenvalue weighted by molar-refractivity contribution is 5.14. The van der Waals surface area contributed by atoms with Crippen LogP contribution in [0.15, 0.2) is 30.3 Å². The standard InChI is InChI=1S/C17H28N2/c1-3-4-10-19-13-15(2)11-17(14-19)18-12-16-8-6-5-7-9-16/h5-9,15,17-18H,3-4,10-14H2,1-2H3. The Morgan fingerprint density at radius 3 is 2.74 bits per heavy atom. The highest BCUT2D eigenvalue weighted by Gasteiger charge is 2.23. The van der Waals surface area contributed by atoms with E-state index < -0.39 is 0 Å². The first-order valence-corrected chi connectivity index (χ1v) is 7.77. The van der Waals surface area contributed by atoms with Gasteiger partial charge in [0.2, 0.25) is 0 Å². The molecule has 0 aromatic heterocycles. The van der Waals surface area contributed by atoms with Crippen LogP contribution in [0.5, 0.6) is 0 Å². The van der Waals surface area contributed by atoms with Gasteiger partial charge < -0.3 is 10.2 Å². The van der Waals surface area contributed by atoms with Crippen LogP contribution in [0, 0.1) is 5.92 Å². The van der Waals surface area contributed by atoms with Crippen LogP contribution in [0.1, 0.15) is 38.7 Å². The van der Waals surface area contributed by atoms with E-state index in [1.54, 1.807) is 0 Å². The van der Waals surface area contributed by atoms with Gasteiger partial charge in [-0.25, -0.2) is 0 Å². The molecule has 0 radical (unpaired) electrons. The van der Waals surface area contributed by atoms with Crippen molar-refractivity contribution >= 4 is 0 Å². The molecule has 19 heavy (non-hydrogen) atoms. The van der Waals surface area contributed by atoms with Crippen molar-refractivity contribution in [3.8, 4) is 0 Å². The quantitative estimate of drug-likeness (QED) is 0.844. The molecule has 0 saturated carbocycles. The van der Waals surface area contributed by atoms with Crippen LogP contribution in [-0.4, -0.2) is 30.6 Å². The third-order valence-electron chi connectivity index (χ3n) is 4.00. The van der Waals surface area contributed by atoms with Crippen molar-refractivity contribution in [3.05, 3.63) is 35.9 Å². The average Bonchev–Trinajstić information content (AvgIpc) is 2.43. The summed E-state index contributed by atoms with van der Waals surface area (Å²) in [5.74, 6) is 0.818.